The van der Waals surface area contributed by atoms with Crippen LogP contribution in [0.1, 0.15) is 5.56 Å². The summed E-state index contributed by atoms with van der Waals surface area (Å²) in [5.41, 5.74) is 1.93. The van der Waals surface area contributed by atoms with Crippen molar-refractivity contribution in [1.82, 2.24) is 9.88 Å². The Bertz CT molecular complexity index is 892. The molecule has 1 N–H and O–H groups in total. The summed E-state index contributed by atoms with van der Waals surface area (Å²) in [5.74, 6) is 0.702. The Morgan fingerprint density at radius 1 is 1.15 bits per heavy atom. The Kier molecular flexibility index (Phi) is 6.15. The molecule has 0 spiro atoms. The van der Waals surface area contributed by atoms with Gasteiger partial charge in [-0.25, -0.2) is 0 Å². The average molecular weight is 373 g/mol. The number of rotatable bonds is 8. The van der Waals surface area contributed by atoms with Crippen LogP contribution < -0.4 is 10.1 Å². The van der Waals surface area contributed by atoms with Gasteiger partial charge in [0.15, 0.2) is 0 Å². The second-order valence-corrected chi connectivity index (χ2v) is 6.35. The highest BCUT2D eigenvalue weighted by molar-refractivity contribution is 6.31. The lowest BCUT2D eigenvalue weighted by atomic mass is 10.2. The maximum absolute atomic E-state index is 12.3. The fraction of sp³-hybridized carbons (Fsp3) is 0.250. The second-order valence-electron chi connectivity index (χ2n) is 5.91. The van der Waals surface area contributed by atoms with Crippen LogP contribution in [0.25, 0.3) is 10.9 Å². The smallest absolute Gasteiger partial charge is 0.240 e. The predicted octanol–water partition coefficient (Wildman–Crippen LogP) is 3.64. The van der Waals surface area contributed by atoms with E-state index in [1.807, 2.05) is 59.3 Å². The molecular weight excluding hydrogens is 352 g/mol. The predicted molar refractivity (Wildman–Crippen MR) is 103 cm³/mol. The van der Waals surface area contributed by atoms with E-state index >= 15 is 0 Å². The number of amides is 1. The van der Waals surface area contributed by atoms with Gasteiger partial charge < -0.3 is 19.4 Å². The first-order chi connectivity index (χ1) is 12.7. The van der Waals surface area contributed by atoms with Gasteiger partial charge in [0.05, 0.1) is 6.61 Å². The normalized spacial score (nSPS) is 10.8. The Balaban J connectivity index is 1.57. The number of carbonyl (C=O) groups excluding carboxylic acids is 1. The molecule has 0 atom stereocenters. The number of fused-ring (bicyclic) bond motifs is 1. The first-order valence-electron chi connectivity index (χ1n) is 8.37. The molecular formula is C20H21ClN2O3. The second kappa shape index (κ2) is 8.74. The molecule has 0 bridgehead atoms. The number of methoxy groups -OCH3 is 1. The van der Waals surface area contributed by atoms with Gasteiger partial charge in [0, 0.05) is 30.4 Å². The highest BCUT2D eigenvalue weighted by Gasteiger charge is 2.07. The van der Waals surface area contributed by atoms with Crippen LogP contribution in [0.3, 0.4) is 0 Å². The molecule has 26 heavy (non-hydrogen) atoms. The number of halogens is 1. The van der Waals surface area contributed by atoms with Crippen molar-refractivity contribution in [3.63, 3.8) is 0 Å². The minimum absolute atomic E-state index is 0.0619. The molecule has 136 valence electrons. The summed E-state index contributed by atoms with van der Waals surface area (Å²) in [6.07, 6.45) is 1.89. The van der Waals surface area contributed by atoms with E-state index in [4.69, 9.17) is 21.1 Å². The van der Waals surface area contributed by atoms with Crippen LogP contribution in [0.5, 0.6) is 5.75 Å². The number of nitrogens with one attached hydrogen (secondary N) is 1. The molecule has 0 aliphatic heterocycles. The number of ether oxygens (including phenoxy) is 2. The van der Waals surface area contributed by atoms with Crippen LogP contribution in [0.15, 0.2) is 54.7 Å². The number of benzene rings is 2. The van der Waals surface area contributed by atoms with Gasteiger partial charge >= 0.3 is 0 Å². The zero-order chi connectivity index (χ0) is 18.4. The summed E-state index contributed by atoms with van der Waals surface area (Å²) in [6.45, 7) is 1.72. The molecule has 0 saturated carbocycles. The van der Waals surface area contributed by atoms with Gasteiger partial charge in [0.1, 0.15) is 18.9 Å². The van der Waals surface area contributed by atoms with Gasteiger partial charge in [0.25, 0.3) is 0 Å². The van der Waals surface area contributed by atoms with Crippen molar-refractivity contribution in [2.24, 2.45) is 0 Å². The van der Waals surface area contributed by atoms with Crippen molar-refractivity contribution >= 4 is 28.4 Å². The minimum Gasteiger partial charge on any atom is -0.491 e. The molecule has 0 radical (unpaired) electrons. The molecule has 1 amide bonds. The molecule has 0 unspecified atom stereocenters. The number of carbonyl (C=O) groups is 1. The number of hydrogen-bond donors (Lipinski definition) is 1. The third kappa shape index (κ3) is 4.77. The van der Waals surface area contributed by atoms with Crippen LogP contribution >= 0.6 is 11.6 Å². The van der Waals surface area contributed by atoms with Crippen molar-refractivity contribution in [3.05, 3.63) is 65.3 Å². The van der Waals surface area contributed by atoms with E-state index < -0.39 is 0 Å². The Labute approximate surface area is 157 Å². The van der Waals surface area contributed by atoms with E-state index in [9.17, 15) is 4.79 Å². The SMILES string of the molecule is COCCOc1cccc(CNC(=O)Cn2ccc3ccc(Cl)cc32)c1. The minimum atomic E-state index is -0.0619. The summed E-state index contributed by atoms with van der Waals surface area (Å²) >= 11 is 6.05. The molecule has 3 rings (SSSR count). The third-order valence-electron chi connectivity index (χ3n) is 3.99. The van der Waals surface area contributed by atoms with Crippen LogP contribution in [0.2, 0.25) is 5.02 Å². The van der Waals surface area contributed by atoms with Crippen LogP contribution in [-0.2, 0) is 22.6 Å². The molecule has 3 aromatic rings. The lowest BCUT2D eigenvalue weighted by Gasteiger charge is -2.10. The molecule has 5 nitrogen and oxygen atoms in total. The van der Waals surface area contributed by atoms with Crippen molar-refractivity contribution < 1.29 is 14.3 Å². The lowest BCUT2D eigenvalue weighted by molar-refractivity contribution is -0.121. The van der Waals surface area contributed by atoms with Crippen molar-refractivity contribution in [2.75, 3.05) is 20.3 Å². The monoisotopic (exact) mass is 372 g/mol. The standard InChI is InChI=1S/C20H21ClN2O3/c1-25-9-10-26-18-4-2-3-15(11-18)13-22-20(24)14-23-8-7-16-5-6-17(21)12-19(16)23/h2-8,11-12H,9-10,13-14H2,1H3,(H,22,24). The van der Waals surface area contributed by atoms with Gasteiger partial charge in [-0.2, -0.15) is 0 Å². The van der Waals surface area contributed by atoms with Crippen molar-refractivity contribution in [3.8, 4) is 5.75 Å². The molecule has 0 saturated heterocycles. The van der Waals surface area contributed by atoms with Crippen LogP contribution in [-0.4, -0.2) is 30.8 Å². The largest absolute Gasteiger partial charge is 0.491 e. The summed E-state index contributed by atoms with van der Waals surface area (Å²) in [4.78, 5) is 12.3. The Morgan fingerprint density at radius 3 is 2.88 bits per heavy atom. The van der Waals surface area contributed by atoms with E-state index in [0.717, 1.165) is 22.2 Å². The Hall–Kier alpha value is -2.50. The van der Waals surface area contributed by atoms with Gasteiger partial charge in [0.2, 0.25) is 5.91 Å². The summed E-state index contributed by atoms with van der Waals surface area (Å²) < 4.78 is 12.4. The average Bonchev–Trinajstić information content (AvgIpc) is 3.03. The highest BCUT2D eigenvalue weighted by atomic mass is 35.5. The Morgan fingerprint density at radius 2 is 2.04 bits per heavy atom. The topological polar surface area (TPSA) is 52.5 Å². The van der Waals surface area contributed by atoms with E-state index in [1.54, 1.807) is 7.11 Å². The number of aromatic nitrogens is 1. The van der Waals surface area contributed by atoms with Gasteiger partial charge in [-0.05, 0) is 41.3 Å². The highest BCUT2D eigenvalue weighted by Crippen LogP contribution is 2.20. The maximum atomic E-state index is 12.3. The van der Waals surface area contributed by atoms with E-state index in [1.165, 1.54) is 0 Å². The van der Waals surface area contributed by atoms with Gasteiger partial charge in [-0.15, -0.1) is 0 Å². The van der Waals surface area contributed by atoms with Crippen molar-refractivity contribution in [2.45, 2.75) is 13.1 Å². The van der Waals surface area contributed by atoms with Gasteiger partial charge in [-0.3, -0.25) is 4.79 Å². The number of hydrogen-bond acceptors (Lipinski definition) is 3. The molecule has 2 aromatic carbocycles. The number of nitrogens with zero attached hydrogens (tertiary/aromatic N) is 1. The molecule has 0 fully saturated rings. The molecule has 0 aliphatic carbocycles. The van der Waals surface area contributed by atoms with Crippen LogP contribution in [0.4, 0.5) is 0 Å². The zero-order valence-electron chi connectivity index (χ0n) is 14.6. The van der Waals surface area contributed by atoms with Crippen LogP contribution in [0, 0.1) is 0 Å². The summed E-state index contributed by atoms with van der Waals surface area (Å²) in [6, 6.07) is 15.3. The molecule has 6 heteroatoms. The third-order valence-corrected chi connectivity index (χ3v) is 4.23. The molecule has 1 aromatic heterocycles. The maximum Gasteiger partial charge on any atom is 0.240 e. The van der Waals surface area contributed by atoms with E-state index in [0.29, 0.717) is 24.8 Å². The van der Waals surface area contributed by atoms with Crippen molar-refractivity contribution in [1.29, 1.82) is 0 Å². The lowest BCUT2D eigenvalue weighted by Crippen LogP contribution is -2.26. The summed E-state index contributed by atoms with van der Waals surface area (Å²) in [5, 5.41) is 4.65. The molecule has 0 aliphatic rings. The summed E-state index contributed by atoms with van der Waals surface area (Å²) in [7, 11) is 1.64. The first kappa shape index (κ1) is 18.3. The quantitative estimate of drug-likeness (QED) is 0.614. The first-order valence-corrected chi connectivity index (χ1v) is 8.75. The van der Waals surface area contributed by atoms with E-state index in [-0.39, 0.29) is 12.5 Å². The fourth-order valence-corrected chi connectivity index (χ4v) is 2.86. The van der Waals surface area contributed by atoms with E-state index in [2.05, 4.69) is 5.32 Å². The van der Waals surface area contributed by atoms with Gasteiger partial charge in [-0.1, -0.05) is 29.8 Å². The fourth-order valence-electron chi connectivity index (χ4n) is 2.69. The zero-order valence-corrected chi connectivity index (χ0v) is 15.3. The molecule has 1 heterocycles.